The average molecular weight is 276 g/mol. The second-order valence-corrected chi connectivity index (χ2v) is 4.02. The van der Waals surface area contributed by atoms with Crippen molar-refractivity contribution >= 4 is 23.3 Å². The van der Waals surface area contributed by atoms with Crippen LogP contribution in [0.3, 0.4) is 0 Å². The molecule has 100 valence electrons. The minimum absolute atomic E-state index is 0.0887. The summed E-state index contributed by atoms with van der Waals surface area (Å²) in [6.45, 7) is 1.31. The first-order chi connectivity index (χ1) is 8.49. The van der Waals surface area contributed by atoms with E-state index in [1.165, 1.54) is 13.3 Å². The molecule has 8 heteroatoms. The Balaban J connectivity index is 2.98. The van der Waals surface area contributed by atoms with Crippen LogP contribution in [0.1, 0.15) is 6.92 Å². The molecule has 2 N–H and O–H groups in total. The molecule has 7 nitrogen and oxygen atoms in total. The zero-order chi connectivity index (χ0) is 13.7. The Morgan fingerprint density at radius 3 is 2.94 bits per heavy atom. The van der Waals surface area contributed by atoms with Crippen molar-refractivity contribution in [2.75, 3.05) is 19.0 Å². The standard InChI is InChI=1S/C10H14ClN3O4/c1-6(5-15)13-7-3-12-14(4-8(16)18-2)10(17)9(7)11/h3,6,13,15H,4-5H2,1-2H3. The van der Waals surface area contributed by atoms with Crippen LogP contribution in [0.5, 0.6) is 0 Å². The van der Waals surface area contributed by atoms with E-state index in [-0.39, 0.29) is 24.2 Å². The van der Waals surface area contributed by atoms with Gasteiger partial charge in [-0.1, -0.05) is 11.6 Å². The molecule has 0 saturated heterocycles. The van der Waals surface area contributed by atoms with Crippen LogP contribution in [0.15, 0.2) is 11.0 Å². The highest BCUT2D eigenvalue weighted by atomic mass is 35.5. The molecular formula is C10H14ClN3O4. The Hall–Kier alpha value is -1.60. The maximum Gasteiger partial charge on any atom is 0.327 e. The maximum atomic E-state index is 11.8. The molecule has 1 aromatic rings. The number of anilines is 1. The van der Waals surface area contributed by atoms with Gasteiger partial charge >= 0.3 is 5.97 Å². The molecule has 18 heavy (non-hydrogen) atoms. The fourth-order valence-electron chi connectivity index (χ4n) is 1.18. The summed E-state index contributed by atoms with van der Waals surface area (Å²) in [6.07, 6.45) is 1.32. The van der Waals surface area contributed by atoms with Crippen molar-refractivity contribution in [3.63, 3.8) is 0 Å². The van der Waals surface area contributed by atoms with Crippen molar-refractivity contribution in [2.24, 2.45) is 0 Å². The zero-order valence-corrected chi connectivity index (χ0v) is 10.8. The van der Waals surface area contributed by atoms with Crippen LogP contribution < -0.4 is 10.9 Å². The van der Waals surface area contributed by atoms with Crippen LogP contribution in [0.4, 0.5) is 5.69 Å². The zero-order valence-electron chi connectivity index (χ0n) is 10.0. The first-order valence-electron chi connectivity index (χ1n) is 5.19. The van der Waals surface area contributed by atoms with E-state index in [4.69, 9.17) is 16.7 Å². The summed E-state index contributed by atoms with van der Waals surface area (Å²) in [5, 5.41) is 15.4. The first kappa shape index (κ1) is 14.5. The first-order valence-corrected chi connectivity index (χ1v) is 5.57. The van der Waals surface area contributed by atoms with Gasteiger partial charge < -0.3 is 15.2 Å². The molecule has 0 aliphatic heterocycles. The van der Waals surface area contributed by atoms with Gasteiger partial charge in [-0.25, -0.2) is 4.68 Å². The van der Waals surface area contributed by atoms with Crippen LogP contribution in [0.25, 0.3) is 0 Å². The smallest absolute Gasteiger partial charge is 0.327 e. The minimum atomic E-state index is -0.600. The van der Waals surface area contributed by atoms with Crippen molar-refractivity contribution in [3.8, 4) is 0 Å². The van der Waals surface area contributed by atoms with E-state index in [1.54, 1.807) is 6.92 Å². The van der Waals surface area contributed by atoms with Crippen LogP contribution in [-0.4, -0.2) is 40.6 Å². The summed E-state index contributed by atoms with van der Waals surface area (Å²) < 4.78 is 5.34. The fourth-order valence-corrected chi connectivity index (χ4v) is 1.38. The number of halogens is 1. The molecule has 0 aliphatic rings. The monoisotopic (exact) mass is 275 g/mol. The summed E-state index contributed by atoms with van der Waals surface area (Å²) >= 11 is 5.86. The number of hydrogen-bond donors (Lipinski definition) is 2. The number of nitrogens with one attached hydrogen (secondary N) is 1. The van der Waals surface area contributed by atoms with Gasteiger partial charge in [-0.05, 0) is 6.92 Å². The van der Waals surface area contributed by atoms with Crippen molar-refractivity contribution in [1.29, 1.82) is 0 Å². The number of aromatic nitrogens is 2. The number of nitrogens with zero attached hydrogens (tertiary/aromatic N) is 2. The summed E-state index contributed by atoms with van der Waals surface area (Å²) in [4.78, 5) is 22.8. The quantitative estimate of drug-likeness (QED) is 0.727. The number of carbonyl (C=O) groups excluding carboxylic acids is 1. The van der Waals surface area contributed by atoms with Gasteiger partial charge in [0.15, 0.2) is 0 Å². The van der Waals surface area contributed by atoms with Crippen molar-refractivity contribution in [3.05, 3.63) is 21.6 Å². The van der Waals surface area contributed by atoms with Gasteiger partial charge in [0.2, 0.25) is 0 Å². The predicted octanol–water partition coefficient (Wildman–Crippen LogP) is -0.138. The van der Waals surface area contributed by atoms with Gasteiger partial charge in [0, 0.05) is 6.04 Å². The average Bonchev–Trinajstić information content (AvgIpc) is 2.37. The number of methoxy groups -OCH3 is 1. The molecule has 0 amide bonds. The van der Waals surface area contributed by atoms with Gasteiger partial charge in [0.1, 0.15) is 11.6 Å². The maximum absolute atomic E-state index is 11.8. The Morgan fingerprint density at radius 1 is 1.72 bits per heavy atom. The molecule has 1 heterocycles. The fraction of sp³-hybridized carbons (Fsp3) is 0.500. The van der Waals surface area contributed by atoms with Gasteiger partial charge in [0.25, 0.3) is 5.56 Å². The van der Waals surface area contributed by atoms with Crippen molar-refractivity contribution in [2.45, 2.75) is 19.5 Å². The SMILES string of the molecule is COC(=O)Cn1ncc(NC(C)CO)c(Cl)c1=O. The third-order valence-corrected chi connectivity index (χ3v) is 2.53. The molecule has 0 radical (unpaired) electrons. The molecule has 0 aliphatic carbocycles. The van der Waals surface area contributed by atoms with Crippen molar-refractivity contribution < 1.29 is 14.6 Å². The summed E-state index contributed by atoms with van der Waals surface area (Å²) in [5.74, 6) is -0.592. The minimum Gasteiger partial charge on any atom is -0.468 e. The van der Waals surface area contributed by atoms with Gasteiger partial charge in [-0.15, -0.1) is 0 Å². The van der Waals surface area contributed by atoms with E-state index in [2.05, 4.69) is 15.2 Å². The number of aliphatic hydroxyl groups is 1. The number of esters is 1. The van der Waals surface area contributed by atoms with E-state index in [9.17, 15) is 9.59 Å². The number of hydrogen-bond acceptors (Lipinski definition) is 6. The van der Waals surface area contributed by atoms with E-state index >= 15 is 0 Å². The number of ether oxygens (including phenoxy) is 1. The molecule has 1 rings (SSSR count). The second kappa shape index (κ2) is 6.36. The van der Waals surface area contributed by atoms with Crippen LogP contribution in [-0.2, 0) is 16.1 Å². The lowest BCUT2D eigenvalue weighted by atomic mass is 10.3. The van der Waals surface area contributed by atoms with E-state index in [0.717, 1.165) is 4.68 Å². The Labute approximate surface area is 108 Å². The summed E-state index contributed by atoms with van der Waals surface area (Å²) in [5.41, 5.74) is -0.290. The van der Waals surface area contributed by atoms with Crippen LogP contribution in [0, 0.1) is 0 Å². The highest BCUT2D eigenvalue weighted by Gasteiger charge is 2.13. The molecule has 0 fully saturated rings. The highest BCUT2D eigenvalue weighted by molar-refractivity contribution is 6.32. The Bertz CT molecular complexity index is 489. The lowest BCUT2D eigenvalue weighted by molar-refractivity contribution is -0.141. The number of aliphatic hydroxyl groups excluding tert-OH is 1. The summed E-state index contributed by atoms with van der Waals surface area (Å²) in [6, 6.07) is -0.264. The Morgan fingerprint density at radius 2 is 2.39 bits per heavy atom. The third kappa shape index (κ3) is 3.44. The molecule has 0 aromatic carbocycles. The molecule has 1 aromatic heterocycles. The van der Waals surface area contributed by atoms with Crippen LogP contribution >= 0.6 is 11.6 Å². The van der Waals surface area contributed by atoms with Gasteiger partial charge in [-0.3, -0.25) is 9.59 Å². The lowest BCUT2D eigenvalue weighted by Gasteiger charge is -2.13. The van der Waals surface area contributed by atoms with E-state index in [1.807, 2.05) is 0 Å². The number of carbonyl (C=O) groups is 1. The molecular weight excluding hydrogens is 262 g/mol. The molecule has 0 bridgehead atoms. The van der Waals surface area contributed by atoms with Gasteiger partial charge in [-0.2, -0.15) is 5.10 Å². The van der Waals surface area contributed by atoms with Gasteiger partial charge in [0.05, 0.1) is 25.6 Å². The van der Waals surface area contributed by atoms with E-state index in [0.29, 0.717) is 5.69 Å². The lowest BCUT2D eigenvalue weighted by Crippen LogP contribution is -2.29. The second-order valence-electron chi connectivity index (χ2n) is 3.64. The third-order valence-electron chi connectivity index (χ3n) is 2.17. The molecule has 0 spiro atoms. The largest absolute Gasteiger partial charge is 0.468 e. The molecule has 1 unspecified atom stereocenters. The van der Waals surface area contributed by atoms with Crippen LogP contribution in [0.2, 0.25) is 5.02 Å². The normalized spacial score (nSPS) is 12.0. The van der Waals surface area contributed by atoms with E-state index < -0.39 is 11.5 Å². The predicted molar refractivity (Wildman–Crippen MR) is 65.7 cm³/mol. The summed E-state index contributed by atoms with van der Waals surface area (Å²) in [7, 11) is 1.22. The Kier molecular flexibility index (Phi) is 5.11. The van der Waals surface area contributed by atoms with Crippen molar-refractivity contribution in [1.82, 2.24) is 9.78 Å². The topological polar surface area (TPSA) is 93.5 Å². The highest BCUT2D eigenvalue weighted by Crippen LogP contribution is 2.16. The number of rotatable bonds is 5. The molecule has 1 atom stereocenters. The molecule has 0 saturated carbocycles.